The second-order valence-corrected chi connectivity index (χ2v) is 6.00. The van der Waals surface area contributed by atoms with Crippen LogP contribution in [0.25, 0.3) is 11.1 Å². The lowest BCUT2D eigenvalue weighted by molar-refractivity contribution is -0.128. The molecule has 24 heavy (non-hydrogen) atoms. The highest BCUT2D eigenvalue weighted by molar-refractivity contribution is 5.95. The summed E-state index contributed by atoms with van der Waals surface area (Å²) >= 11 is 0. The van der Waals surface area contributed by atoms with Crippen molar-refractivity contribution >= 4 is 11.8 Å². The Hall–Kier alpha value is -2.63. The van der Waals surface area contributed by atoms with Gasteiger partial charge in [0.1, 0.15) is 0 Å². The Kier molecular flexibility index (Phi) is 5.73. The van der Waals surface area contributed by atoms with Crippen LogP contribution in [0.4, 0.5) is 0 Å². The summed E-state index contributed by atoms with van der Waals surface area (Å²) in [7, 11) is 5.35. The first kappa shape index (κ1) is 17.7. The SMILES string of the molecule is Cc1c(-c2cccc(C(=O)NCCCC(=O)N(C)C)c2)cnn1C. The van der Waals surface area contributed by atoms with Gasteiger partial charge >= 0.3 is 0 Å². The van der Waals surface area contributed by atoms with Crippen LogP contribution in [0.15, 0.2) is 30.5 Å². The molecule has 0 bridgehead atoms. The molecule has 1 N–H and O–H groups in total. The molecular weight excluding hydrogens is 304 g/mol. The third-order valence-electron chi connectivity index (χ3n) is 4.02. The van der Waals surface area contributed by atoms with E-state index in [0.717, 1.165) is 16.8 Å². The highest BCUT2D eigenvalue weighted by Crippen LogP contribution is 2.23. The second-order valence-electron chi connectivity index (χ2n) is 6.00. The first-order valence-electron chi connectivity index (χ1n) is 7.97. The van der Waals surface area contributed by atoms with Crippen molar-refractivity contribution in [3.8, 4) is 11.1 Å². The molecule has 2 aromatic rings. The van der Waals surface area contributed by atoms with Gasteiger partial charge in [0.05, 0.1) is 6.20 Å². The van der Waals surface area contributed by atoms with E-state index in [1.807, 2.05) is 36.9 Å². The van der Waals surface area contributed by atoms with E-state index in [1.54, 1.807) is 31.3 Å². The largest absolute Gasteiger partial charge is 0.352 e. The maximum absolute atomic E-state index is 12.3. The third kappa shape index (κ3) is 4.22. The minimum Gasteiger partial charge on any atom is -0.352 e. The lowest BCUT2D eigenvalue weighted by Gasteiger charge is -2.10. The van der Waals surface area contributed by atoms with Gasteiger partial charge in [0, 0.05) is 50.9 Å². The molecule has 2 amide bonds. The van der Waals surface area contributed by atoms with Crippen LogP contribution in [-0.2, 0) is 11.8 Å². The molecule has 1 aromatic carbocycles. The van der Waals surface area contributed by atoms with Gasteiger partial charge in [-0.2, -0.15) is 5.10 Å². The van der Waals surface area contributed by atoms with E-state index in [0.29, 0.717) is 24.9 Å². The number of rotatable bonds is 6. The molecule has 128 valence electrons. The monoisotopic (exact) mass is 328 g/mol. The maximum Gasteiger partial charge on any atom is 0.251 e. The molecule has 0 saturated carbocycles. The molecule has 0 unspecified atom stereocenters. The Morgan fingerprint density at radius 3 is 2.67 bits per heavy atom. The Morgan fingerprint density at radius 2 is 2.04 bits per heavy atom. The molecule has 0 aliphatic heterocycles. The Bertz CT molecular complexity index is 734. The van der Waals surface area contributed by atoms with E-state index in [-0.39, 0.29) is 11.8 Å². The normalized spacial score (nSPS) is 10.5. The Morgan fingerprint density at radius 1 is 1.29 bits per heavy atom. The fourth-order valence-corrected chi connectivity index (χ4v) is 2.38. The number of nitrogens with one attached hydrogen (secondary N) is 1. The van der Waals surface area contributed by atoms with Crippen LogP contribution in [0.3, 0.4) is 0 Å². The number of hydrogen-bond acceptors (Lipinski definition) is 3. The van der Waals surface area contributed by atoms with Crippen LogP contribution in [0.5, 0.6) is 0 Å². The number of aryl methyl sites for hydroxylation is 1. The van der Waals surface area contributed by atoms with Crippen LogP contribution in [0.1, 0.15) is 28.9 Å². The van der Waals surface area contributed by atoms with E-state index in [4.69, 9.17) is 0 Å². The molecule has 0 atom stereocenters. The summed E-state index contributed by atoms with van der Waals surface area (Å²) in [5.41, 5.74) is 3.64. The summed E-state index contributed by atoms with van der Waals surface area (Å²) in [6.45, 7) is 2.48. The maximum atomic E-state index is 12.3. The predicted molar refractivity (Wildman–Crippen MR) is 93.6 cm³/mol. The number of carbonyl (C=O) groups is 2. The standard InChI is InChI=1S/C18H24N4O2/c1-13-16(12-20-22(13)4)14-7-5-8-15(11-14)18(24)19-10-6-9-17(23)21(2)3/h5,7-8,11-12H,6,9-10H2,1-4H3,(H,19,24). The van der Waals surface area contributed by atoms with Crippen molar-refractivity contribution in [2.24, 2.45) is 7.05 Å². The van der Waals surface area contributed by atoms with Gasteiger partial charge in [-0.05, 0) is 31.0 Å². The Balaban J connectivity index is 1.97. The first-order chi connectivity index (χ1) is 11.4. The lowest BCUT2D eigenvalue weighted by atomic mass is 10.0. The smallest absolute Gasteiger partial charge is 0.251 e. The molecule has 6 nitrogen and oxygen atoms in total. The van der Waals surface area contributed by atoms with Crippen molar-refractivity contribution in [1.82, 2.24) is 20.0 Å². The van der Waals surface area contributed by atoms with Crippen LogP contribution < -0.4 is 5.32 Å². The molecule has 2 rings (SSSR count). The quantitative estimate of drug-likeness (QED) is 0.825. The zero-order chi connectivity index (χ0) is 17.7. The van der Waals surface area contributed by atoms with Gasteiger partial charge in [-0.3, -0.25) is 14.3 Å². The molecule has 0 radical (unpaired) electrons. The molecule has 0 fully saturated rings. The van der Waals surface area contributed by atoms with Crippen molar-refractivity contribution < 1.29 is 9.59 Å². The molecule has 1 aromatic heterocycles. The van der Waals surface area contributed by atoms with Crippen molar-refractivity contribution in [3.63, 3.8) is 0 Å². The van der Waals surface area contributed by atoms with Gasteiger partial charge < -0.3 is 10.2 Å². The van der Waals surface area contributed by atoms with Gasteiger partial charge in [0.2, 0.25) is 5.91 Å². The summed E-state index contributed by atoms with van der Waals surface area (Å²) < 4.78 is 1.81. The number of hydrogen-bond donors (Lipinski definition) is 1. The van der Waals surface area contributed by atoms with E-state index in [9.17, 15) is 9.59 Å². The minimum atomic E-state index is -0.129. The highest BCUT2D eigenvalue weighted by atomic mass is 16.2. The second kappa shape index (κ2) is 7.77. The lowest BCUT2D eigenvalue weighted by Crippen LogP contribution is -2.27. The molecule has 0 saturated heterocycles. The molecule has 0 aliphatic rings. The fraction of sp³-hybridized carbons (Fsp3) is 0.389. The molecule has 6 heteroatoms. The van der Waals surface area contributed by atoms with E-state index in [2.05, 4.69) is 10.4 Å². The van der Waals surface area contributed by atoms with E-state index in [1.165, 1.54) is 0 Å². The van der Waals surface area contributed by atoms with Gasteiger partial charge in [0.25, 0.3) is 5.91 Å². The van der Waals surface area contributed by atoms with Crippen LogP contribution in [0.2, 0.25) is 0 Å². The summed E-state index contributed by atoms with van der Waals surface area (Å²) in [6, 6.07) is 7.49. The van der Waals surface area contributed by atoms with E-state index >= 15 is 0 Å². The van der Waals surface area contributed by atoms with Crippen LogP contribution in [0, 0.1) is 6.92 Å². The number of carbonyl (C=O) groups excluding carboxylic acids is 2. The molecule has 0 spiro atoms. The summed E-state index contributed by atoms with van der Waals surface area (Å²) in [6.07, 6.45) is 2.87. The van der Waals surface area contributed by atoms with Gasteiger partial charge in [-0.15, -0.1) is 0 Å². The molecule has 0 aliphatic carbocycles. The summed E-state index contributed by atoms with van der Waals surface area (Å²) in [4.78, 5) is 25.3. The summed E-state index contributed by atoms with van der Waals surface area (Å²) in [5, 5.41) is 7.10. The molecular formula is C18H24N4O2. The number of amides is 2. The van der Waals surface area contributed by atoms with Crippen LogP contribution in [-0.4, -0.2) is 47.1 Å². The third-order valence-corrected chi connectivity index (χ3v) is 4.02. The van der Waals surface area contributed by atoms with Crippen molar-refractivity contribution in [3.05, 3.63) is 41.7 Å². The van der Waals surface area contributed by atoms with E-state index < -0.39 is 0 Å². The summed E-state index contributed by atoms with van der Waals surface area (Å²) in [5.74, 6) is -0.0611. The van der Waals surface area contributed by atoms with Gasteiger partial charge in [-0.25, -0.2) is 0 Å². The molecule has 1 heterocycles. The zero-order valence-corrected chi connectivity index (χ0v) is 14.7. The van der Waals surface area contributed by atoms with Crippen molar-refractivity contribution in [2.45, 2.75) is 19.8 Å². The zero-order valence-electron chi connectivity index (χ0n) is 14.7. The van der Waals surface area contributed by atoms with Crippen LogP contribution >= 0.6 is 0 Å². The highest BCUT2D eigenvalue weighted by Gasteiger charge is 2.10. The number of nitrogens with zero attached hydrogens (tertiary/aromatic N) is 3. The average Bonchev–Trinajstić information content (AvgIpc) is 2.90. The number of benzene rings is 1. The Labute approximate surface area is 142 Å². The topological polar surface area (TPSA) is 67.2 Å². The average molecular weight is 328 g/mol. The van der Waals surface area contributed by atoms with Crippen molar-refractivity contribution in [2.75, 3.05) is 20.6 Å². The predicted octanol–water partition coefficient (Wildman–Crippen LogP) is 1.99. The minimum absolute atomic E-state index is 0.0679. The fourth-order valence-electron chi connectivity index (χ4n) is 2.38. The number of aromatic nitrogens is 2. The van der Waals surface area contributed by atoms with Gasteiger partial charge in [0.15, 0.2) is 0 Å². The first-order valence-corrected chi connectivity index (χ1v) is 7.97. The van der Waals surface area contributed by atoms with Crippen molar-refractivity contribution in [1.29, 1.82) is 0 Å². The van der Waals surface area contributed by atoms with Gasteiger partial charge in [-0.1, -0.05) is 12.1 Å².